The highest BCUT2D eigenvalue weighted by atomic mass is 32.2. The van der Waals surface area contributed by atoms with E-state index in [-0.39, 0.29) is 28.5 Å². The summed E-state index contributed by atoms with van der Waals surface area (Å²) in [7, 11) is 0. The van der Waals surface area contributed by atoms with Crippen molar-refractivity contribution in [3.63, 3.8) is 0 Å². The highest BCUT2D eigenvalue weighted by Crippen LogP contribution is 2.41. The largest absolute Gasteiger partial charge is 0.477 e. The number of nitrogens with zero attached hydrogens (tertiary/aromatic N) is 6. The molecule has 0 radical (unpaired) electrons. The van der Waals surface area contributed by atoms with Crippen LogP contribution >= 0.6 is 46.4 Å². The molecule has 3 atom stereocenters. The molecule has 2 aromatic rings. The van der Waals surface area contributed by atoms with Gasteiger partial charge in [-0.15, -0.1) is 22.0 Å². The molecule has 2 amide bonds. The van der Waals surface area contributed by atoms with Crippen LogP contribution in [0.15, 0.2) is 38.4 Å². The van der Waals surface area contributed by atoms with Gasteiger partial charge in [-0.2, -0.15) is 9.36 Å². The minimum atomic E-state index is -1.20. The fourth-order valence-electron chi connectivity index (χ4n) is 3.88. The van der Waals surface area contributed by atoms with Gasteiger partial charge in [0.15, 0.2) is 9.47 Å². The number of carboxylic acid groups (broad SMARTS) is 1. The van der Waals surface area contributed by atoms with E-state index in [0.29, 0.717) is 21.4 Å². The summed E-state index contributed by atoms with van der Waals surface area (Å²) in [6, 6.07) is -0.944. The zero-order chi connectivity index (χ0) is 25.9. The molecule has 0 bridgehead atoms. The van der Waals surface area contributed by atoms with Crippen molar-refractivity contribution < 1.29 is 24.3 Å². The first-order chi connectivity index (χ1) is 17.9. The monoisotopic (exact) mass is 580 g/mol. The molecular formula is C20H20N8O5S4. The average Bonchev–Trinajstić information content (AvgIpc) is 3.58. The summed E-state index contributed by atoms with van der Waals surface area (Å²) in [5.41, 5.74) is 7.62. The van der Waals surface area contributed by atoms with E-state index in [1.54, 1.807) is 5.51 Å². The number of rotatable bonds is 9. The molecule has 13 nitrogen and oxygen atoms in total. The van der Waals surface area contributed by atoms with E-state index in [1.807, 2.05) is 12.2 Å². The maximum Gasteiger partial charge on any atom is 0.352 e. The summed E-state index contributed by atoms with van der Waals surface area (Å²) < 4.78 is 4.77. The van der Waals surface area contributed by atoms with Crippen LogP contribution in [-0.4, -0.2) is 82.1 Å². The number of oxime groups is 1. The molecule has 0 aromatic carbocycles. The summed E-state index contributed by atoms with van der Waals surface area (Å²) in [5, 5.41) is 23.8. The molecular weight excluding hydrogens is 561 g/mol. The molecule has 0 spiro atoms. The van der Waals surface area contributed by atoms with E-state index in [2.05, 4.69) is 30.0 Å². The number of aliphatic carboxylic acids is 1. The minimum Gasteiger partial charge on any atom is -0.477 e. The molecule has 1 aliphatic carbocycles. The number of nitrogens with one attached hydrogen (secondary N) is 1. The van der Waals surface area contributed by atoms with Crippen LogP contribution in [0.4, 0.5) is 5.13 Å². The Kier molecular flexibility index (Phi) is 7.73. The van der Waals surface area contributed by atoms with Crippen LogP contribution in [-0.2, 0) is 19.2 Å². The lowest BCUT2D eigenvalue weighted by atomic mass is 10.0. The predicted molar refractivity (Wildman–Crippen MR) is 139 cm³/mol. The second-order valence-corrected chi connectivity index (χ2v) is 12.0. The van der Waals surface area contributed by atoms with Crippen molar-refractivity contribution in [3.05, 3.63) is 34.8 Å². The molecule has 1 saturated heterocycles. The van der Waals surface area contributed by atoms with Crippen molar-refractivity contribution >= 4 is 75.0 Å². The number of carboxylic acids is 1. The Bertz CT molecular complexity index is 1290. The normalized spacial score (nSPS) is 23.5. The molecule has 4 heterocycles. The number of fused-ring (bicyclic) bond motifs is 1. The lowest BCUT2D eigenvalue weighted by Crippen LogP contribution is -2.71. The van der Waals surface area contributed by atoms with Gasteiger partial charge < -0.3 is 21.0 Å². The van der Waals surface area contributed by atoms with Gasteiger partial charge in [-0.05, 0) is 30.9 Å². The van der Waals surface area contributed by atoms with Gasteiger partial charge in [-0.25, -0.2) is 4.79 Å². The number of β-lactam (4-membered cyclic amide) rings is 1. The van der Waals surface area contributed by atoms with Gasteiger partial charge in [0.2, 0.25) is 11.5 Å². The lowest BCUT2D eigenvalue weighted by molar-refractivity contribution is -0.150. The number of hydrogen-bond acceptors (Lipinski definition) is 14. The van der Waals surface area contributed by atoms with Gasteiger partial charge in [-0.1, -0.05) is 34.3 Å². The summed E-state index contributed by atoms with van der Waals surface area (Å²) >= 11 is 4.99. The van der Waals surface area contributed by atoms with E-state index >= 15 is 0 Å². The van der Waals surface area contributed by atoms with E-state index < -0.39 is 29.2 Å². The Morgan fingerprint density at radius 3 is 2.95 bits per heavy atom. The maximum atomic E-state index is 13.2. The molecule has 2 aliphatic heterocycles. The highest BCUT2D eigenvalue weighted by Gasteiger charge is 2.54. The van der Waals surface area contributed by atoms with Gasteiger partial charge in [0.25, 0.3) is 11.8 Å². The van der Waals surface area contributed by atoms with Crippen molar-refractivity contribution in [2.75, 3.05) is 17.2 Å². The summed E-state index contributed by atoms with van der Waals surface area (Å²) in [6.07, 6.45) is 6.21. The second kappa shape index (κ2) is 11.2. The van der Waals surface area contributed by atoms with Crippen LogP contribution in [0.2, 0.25) is 0 Å². The Labute approximate surface area is 226 Å². The first kappa shape index (κ1) is 25.6. The number of aromatic nitrogens is 4. The first-order valence-corrected chi connectivity index (χ1v) is 14.7. The van der Waals surface area contributed by atoms with Crippen LogP contribution in [0.3, 0.4) is 0 Å². The summed E-state index contributed by atoms with van der Waals surface area (Å²) in [6.45, 7) is 0. The molecule has 194 valence electrons. The number of amides is 2. The number of anilines is 1. The van der Waals surface area contributed by atoms with Crippen LogP contribution in [0.1, 0.15) is 25.1 Å². The third-order valence-electron chi connectivity index (χ3n) is 5.60. The standard InChI is InChI=1S/C20H20N8O5S4/c21-19-24-14(27-37-19)11(26-33-10-4-2-1-3-5-10)15(29)23-12-16(30)28-13(18(31)32)9(6-34-17(12)28)7-35-20-25-22-8-36-20/h2,4,8,10,12,17H,1,3,5-7H2,(H,23,29)(H,31,32)(H2,21,24,27)/b26-11+. The molecule has 3 aliphatic rings. The maximum absolute atomic E-state index is 13.2. The third-order valence-corrected chi connectivity index (χ3v) is 9.43. The van der Waals surface area contributed by atoms with E-state index in [4.69, 9.17) is 10.6 Å². The Balaban J connectivity index is 1.31. The van der Waals surface area contributed by atoms with Crippen molar-refractivity contribution in [1.29, 1.82) is 0 Å². The Hall–Kier alpha value is -3.02. The van der Waals surface area contributed by atoms with Crippen molar-refractivity contribution in [2.24, 2.45) is 5.16 Å². The van der Waals surface area contributed by atoms with Crippen LogP contribution < -0.4 is 11.1 Å². The molecule has 17 heteroatoms. The van der Waals surface area contributed by atoms with Crippen molar-refractivity contribution in [2.45, 2.75) is 41.1 Å². The fourth-order valence-corrected chi connectivity index (χ4v) is 7.29. The molecule has 3 unspecified atom stereocenters. The van der Waals surface area contributed by atoms with E-state index in [9.17, 15) is 19.5 Å². The van der Waals surface area contributed by atoms with Crippen molar-refractivity contribution in [3.8, 4) is 0 Å². The van der Waals surface area contributed by atoms with Crippen LogP contribution in [0, 0.1) is 0 Å². The molecule has 4 N–H and O–H groups in total. The number of carbonyl (C=O) groups excluding carboxylic acids is 2. The Morgan fingerprint density at radius 1 is 1.41 bits per heavy atom. The molecule has 0 saturated carbocycles. The molecule has 2 aromatic heterocycles. The van der Waals surface area contributed by atoms with Gasteiger partial charge in [-0.3, -0.25) is 14.5 Å². The zero-order valence-electron chi connectivity index (χ0n) is 19.0. The lowest BCUT2D eigenvalue weighted by Gasteiger charge is -2.49. The molecule has 1 fully saturated rings. The SMILES string of the molecule is Nc1nc(/C(=N\OC2C=CCCC2)C(=O)NC2C(=O)N3C(C(=O)O)=C(CSc4nncs4)CSC23)ns1. The topological polar surface area (TPSA) is 186 Å². The summed E-state index contributed by atoms with van der Waals surface area (Å²) in [5.74, 6) is -1.71. The van der Waals surface area contributed by atoms with Gasteiger partial charge in [0.1, 0.15) is 28.7 Å². The number of nitrogen functional groups attached to an aromatic ring is 1. The number of thioether (sulfide) groups is 2. The minimum absolute atomic E-state index is 0.0122. The zero-order valence-corrected chi connectivity index (χ0v) is 22.2. The van der Waals surface area contributed by atoms with Gasteiger partial charge in [0.05, 0.1) is 0 Å². The van der Waals surface area contributed by atoms with Gasteiger partial charge >= 0.3 is 5.97 Å². The second-order valence-electron chi connectivity index (χ2n) is 8.01. The fraction of sp³-hybridized carbons (Fsp3) is 0.400. The quantitative estimate of drug-likeness (QED) is 0.127. The number of nitrogens with two attached hydrogens (primary N) is 1. The molecule has 37 heavy (non-hydrogen) atoms. The predicted octanol–water partition coefficient (Wildman–Crippen LogP) is 1.33. The average molecular weight is 581 g/mol. The van der Waals surface area contributed by atoms with Crippen molar-refractivity contribution in [1.82, 2.24) is 29.8 Å². The van der Waals surface area contributed by atoms with Crippen LogP contribution in [0.5, 0.6) is 0 Å². The van der Waals surface area contributed by atoms with E-state index in [0.717, 1.165) is 30.8 Å². The molecule has 5 rings (SSSR count). The highest BCUT2D eigenvalue weighted by molar-refractivity contribution is 8.01. The number of carbonyl (C=O) groups is 3. The van der Waals surface area contributed by atoms with E-state index in [1.165, 1.54) is 39.8 Å². The Morgan fingerprint density at radius 2 is 2.27 bits per heavy atom. The number of allylic oxidation sites excluding steroid dienone is 1. The smallest absolute Gasteiger partial charge is 0.352 e. The van der Waals surface area contributed by atoms with Gasteiger partial charge in [0, 0.05) is 23.0 Å². The number of hydrogen-bond donors (Lipinski definition) is 3. The summed E-state index contributed by atoms with van der Waals surface area (Å²) in [4.78, 5) is 49.1. The first-order valence-electron chi connectivity index (χ1n) is 11.0. The third kappa shape index (κ3) is 5.48. The van der Waals surface area contributed by atoms with Crippen LogP contribution in [0.25, 0.3) is 0 Å².